The molecule has 0 saturated carbocycles. The van der Waals surface area contributed by atoms with E-state index in [0.29, 0.717) is 24.0 Å². The number of rotatable bonds is 7. The zero-order valence-corrected chi connectivity index (χ0v) is 17.2. The Morgan fingerprint density at radius 1 is 1.24 bits per heavy atom. The fourth-order valence-electron chi connectivity index (χ4n) is 3.45. The molecule has 1 aliphatic heterocycles. The number of aliphatic hydroxyl groups excluding tert-OH is 1. The summed E-state index contributed by atoms with van der Waals surface area (Å²) in [6.07, 6.45) is -0.594. The number of hydrogen-bond acceptors (Lipinski definition) is 5. The van der Waals surface area contributed by atoms with E-state index in [1.54, 1.807) is 24.3 Å². The molecule has 1 saturated heterocycles. The predicted molar refractivity (Wildman–Crippen MR) is 116 cm³/mol. The number of anilines is 2. The van der Waals surface area contributed by atoms with Crippen LogP contribution in [0, 0.1) is 0 Å². The Bertz CT molecular complexity index is 801. The molecule has 0 spiro atoms. The van der Waals surface area contributed by atoms with Gasteiger partial charge in [-0.2, -0.15) is 0 Å². The molecule has 0 aliphatic carbocycles. The second-order valence-corrected chi connectivity index (χ2v) is 7.68. The molecular weight excluding hydrogens is 392 g/mol. The van der Waals surface area contributed by atoms with Gasteiger partial charge in [0.05, 0.1) is 0 Å². The van der Waals surface area contributed by atoms with Crippen LogP contribution in [0.5, 0.6) is 5.75 Å². The first-order valence-corrected chi connectivity index (χ1v) is 10.0. The summed E-state index contributed by atoms with van der Waals surface area (Å²) in [7, 11) is 0. The Morgan fingerprint density at radius 2 is 1.93 bits per heavy atom. The van der Waals surface area contributed by atoms with E-state index in [4.69, 9.17) is 22.1 Å². The van der Waals surface area contributed by atoms with Gasteiger partial charge in [-0.15, -0.1) is 0 Å². The van der Waals surface area contributed by atoms with Gasteiger partial charge in [0.15, 0.2) is 0 Å². The van der Waals surface area contributed by atoms with Crippen LogP contribution in [0.2, 0.25) is 5.02 Å². The number of piperazine rings is 1. The van der Waals surface area contributed by atoms with E-state index in [1.165, 1.54) is 5.69 Å². The highest BCUT2D eigenvalue weighted by molar-refractivity contribution is 6.30. The summed E-state index contributed by atoms with van der Waals surface area (Å²) < 4.78 is 5.66. The molecule has 7 nitrogen and oxygen atoms in total. The largest absolute Gasteiger partial charge is 0.491 e. The molecule has 0 bridgehead atoms. The number of aliphatic hydroxyl groups is 1. The molecule has 4 N–H and O–H groups in total. The highest BCUT2D eigenvalue weighted by Crippen LogP contribution is 2.22. The lowest BCUT2D eigenvalue weighted by Crippen LogP contribution is -2.54. The smallest absolute Gasteiger partial charge is 0.316 e. The lowest BCUT2D eigenvalue weighted by atomic mass is 10.1. The SMILES string of the molecule is C[C@@H]1CN(c2ccc(Cl)cc2)CCN1C[C@H](O)COc1ccc(NC(N)=O)cc1. The molecule has 3 rings (SSSR count). The summed E-state index contributed by atoms with van der Waals surface area (Å²) >= 11 is 5.97. The van der Waals surface area contributed by atoms with Crippen LogP contribution < -0.4 is 20.7 Å². The molecule has 2 aromatic carbocycles. The van der Waals surface area contributed by atoms with Gasteiger partial charge in [-0.1, -0.05) is 11.6 Å². The zero-order valence-electron chi connectivity index (χ0n) is 16.4. The van der Waals surface area contributed by atoms with Gasteiger partial charge in [-0.3, -0.25) is 4.90 Å². The Labute approximate surface area is 176 Å². The van der Waals surface area contributed by atoms with Gasteiger partial charge in [-0.25, -0.2) is 4.79 Å². The highest BCUT2D eigenvalue weighted by Gasteiger charge is 2.25. The number of carbonyl (C=O) groups excluding carboxylic acids is 1. The number of halogens is 1. The number of benzene rings is 2. The van der Waals surface area contributed by atoms with Crippen LogP contribution in [-0.4, -0.2) is 61.0 Å². The quantitative estimate of drug-likeness (QED) is 0.643. The third kappa shape index (κ3) is 6.25. The van der Waals surface area contributed by atoms with Crippen molar-refractivity contribution in [3.05, 3.63) is 53.6 Å². The first-order chi connectivity index (χ1) is 13.9. The molecule has 1 fully saturated rings. The van der Waals surface area contributed by atoms with E-state index >= 15 is 0 Å². The van der Waals surface area contributed by atoms with E-state index < -0.39 is 12.1 Å². The number of amides is 2. The first-order valence-electron chi connectivity index (χ1n) is 9.62. The molecule has 156 valence electrons. The Balaban J connectivity index is 1.44. The first kappa shape index (κ1) is 21.2. The van der Waals surface area contributed by atoms with Crippen molar-refractivity contribution in [3.63, 3.8) is 0 Å². The topological polar surface area (TPSA) is 91.1 Å². The van der Waals surface area contributed by atoms with Crippen LogP contribution in [0.4, 0.5) is 16.2 Å². The Kier molecular flexibility index (Phi) is 7.19. The average molecular weight is 419 g/mol. The molecule has 0 aromatic heterocycles. The van der Waals surface area contributed by atoms with Crippen molar-refractivity contribution in [2.75, 3.05) is 43.0 Å². The van der Waals surface area contributed by atoms with Crippen LogP contribution in [0.15, 0.2) is 48.5 Å². The summed E-state index contributed by atoms with van der Waals surface area (Å²) in [5, 5.41) is 13.6. The number of urea groups is 1. The third-order valence-corrected chi connectivity index (χ3v) is 5.22. The van der Waals surface area contributed by atoms with Gasteiger partial charge in [0.25, 0.3) is 0 Å². The maximum atomic E-state index is 10.8. The number of carbonyl (C=O) groups is 1. The van der Waals surface area contributed by atoms with Crippen molar-refractivity contribution >= 4 is 29.0 Å². The van der Waals surface area contributed by atoms with Gasteiger partial charge in [-0.05, 0) is 55.5 Å². The molecule has 29 heavy (non-hydrogen) atoms. The second kappa shape index (κ2) is 9.82. The van der Waals surface area contributed by atoms with Crippen molar-refractivity contribution in [2.45, 2.75) is 19.1 Å². The van der Waals surface area contributed by atoms with Crippen LogP contribution in [0.25, 0.3) is 0 Å². The van der Waals surface area contributed by atoms with Crippen LogP contribution in [0.3, 0.4) is 0 Å². The number of ether oxygens (including phenoxy) is 1. The molecule has 1 aliphatic rings. The zero-order chi connectivity index (χ0) is 20.8. The van der Waals surface area contributed by atoms with Gasteiger partial charge >= 0.3 is 6.03 Å². The number of nitrogens with zero attached hydrogens (tertiary/aromatic N) is 2. The minimum Gasteiger partial charge on any atom is -0.491 e. The van der Waals surface area contributed by atoms with Crippen molar-refractivity contribution in [1.29, 1.82) is 0 Å². The average Bonchev–Trinajstić information content (AvgIpc) is 2.69. The van der Waals surface area contributed by atoms with Crippen molar-refractivity contribution < 1.29 is 14.6 Å². The number of primary amides is 1. The van der Waals surface area contributed by atoms with Gasteiger partial charge in [0.2, 0.25) is 0 Å². The van der Waals surface area contributed by atoms with E-state index in [-0.39, 0.29) is 6.61 Å². The van der Waals surface area contributed by atoms with Crippen molar-refractivity contribution in [3.8, 4) is 5.75 Å². The van der Waals surface area contributed by atoms with E-state index in [9.17, 15) is 9.90 Å². The van der Waals surface area contributed by atoms with Gasteiger partial charge < -0.3 is 25.8 Å². The summed E-state index contributed by atoms with van der Waals surface area (Å²) in [5.74, 6) is 0.625. The van der Waals surface area contributed by atoms with Gasteiger partial charge in [0, 0.05) is 48.6 Å². The number of hydrogen-bond donors (Lipinski definition) is 3. The Hall–Kier alpha value is -2.48. The fourth-order valence-corrected chi connectivity index (χ4v) is 3.57. The third-order valence-electron chi connectivity index (χ3n) is 4.97. The fraction of sp³-hybridized carbons (Fsp3) is 0.381. The summed E-state index contributed by atoms with van der Waals surface area (Å²) in [6.45, 7) is 5.58. The van der Waals surface area contributed by atoms with Crippen molar-refractivity contribution in [2.24, 2.45) is 5.73 Å². The maximum absolute atomic E-state index is 10.8. The predicted octanol–water partition coefficient (Wildman–Crippen LogP) is 2.78. The lowest BCUT2D eigenvalue weighted by Gasteiger charge is -2.41. The van der Waals surface area contributed by atoms with Gasteiger partial charge in [0.1, 0.15) is 18.5 Å². The minimum absolute atomic E-state index is 0.201. The standard InChI is InChI=1S/C21H27ClN4O3/c1-15-12-26(18-6-2-16(22)3-7-18)11-10-25(15)13-19(27)14-29-20-8-4-17(5-9-20)24-21(23)28/h2-9,15,19,27H,10-14H2,1H3,(H3,23,24,28)/t15-,19+/m1/s1. The molecule has 2 aromatic rings. The Morgan fingerprint density at radius 3 is 2.55 bits per heavy atom. The summed E-state index contributed by atoms with van der Waals surface area (Å²) in [6, 6.07) is 14.4. The maximum Gasteiger partial charge on any atom is 0.316 e. The monoisotopic (exact) mass is 418 g/mol. The van der Waals surface area contributed by atoms with Crippen LogP contribution in [-0.2, 0) is 0 Å². The lowest BCUT2D eigenvalue weighted by molar-refractivity contribution is 0.0512. The number of β-amino-alcohol motifs (C(OH)–C–C–N with tert-alkyl or cyclic N) is 1. The van der Waals surface area contributed by atoms with E-state index in [0.717, 1.165) is 24.7 Å². The molecule has 2 atom stereocenters. The summed E-state index contributed by atoms with van der Waals surface area (Å²) in [5.41, 5.74) is 6.84. The normalized spacial score (nSPS) is 18.3. The molecular formula is C21H27ClN4O3. The number of nitrogens with one attached hydrogen (secondary N) is 1. The molecule has 2 amide bonds. The van der Waals surface area contributed by atoms with E-state index in [2.05, 4.69) is 22.0 Å². The van der Waals surface area contributed by atoms with Crippen LogP contribution in [0.1, 0.15) is 6.92 Å². The highest BCUT2D eigenvalue weighted by atomic mass is 35.5. The second-order valence-electron chi connectivity index (χ2n) is 7.24. The minimum atomic E-state index is -0.612. The van der Waals surface area contributed by atoms with E-state index in [1.807, 2.05) is 24.3 Å². The molecule has 8 heteroatoms. The summed E-state index contributed by atoms with van der Waals surface area (Å²) in [4.78, 5) is 15.4. The molecule has 0 radical (unpaired) electrons. The molecule has 0 unspecified atom stereocenters. The molecule has 1 heterocycles. The van der Waals surface area contributed by atoms with Crippen LogP contribution >= 0.6 is 11.6 Å². The van der Waals surface area contributed by atoms with Crippen molar-refractivity contribution in [1.82, 2.24) is 4.90 Å². The number of nitrogens with two attached hydrogens (primary N) is 1.